The average Bonchev–Trinajstić information content (AvgIpc) is 2.61. The molecule has 0 radical (unpaired) electrons. The summed E-state index contributed by atoms with van der Waals surface area (Å²) in [6, 6.07) is 12.0. The molecule has 0 bridgehead atoms. The zero-order valence-corrected chi connectivity index (χ0v) is 13.8. The fourth-order valence-corrected chi connectivity index (χ4v) is 2.22. The Bertz CT molecular complexity index is 680. The fourth-order valence-electron chi connectivity index (χ4n) is 2.22. The fraction of sp³-hybridized carbons (Fsp3) is 0.278. The van der Waals surface area contributed by atoms with Crippen LogP contribution in [-0.2, 0) is 11.2 Å². The summed E-state index contributed by atoms with van der Waals surface area (Å²) in [4.78, 5) is 11.5. The predicted molar refractivity (Wildman–Crippen MR) is 88.3 cm³/mol. The van der Waals surface area contributed by atoms with Gasteiger partial charge in [0.15, 0.2) is 6.10 Å². The highest BCUT2D eigenvalue weighted by atomic mass is 16.5. The first kappa shape index (κ1) is 17.5. The Morgan fingerprint density at radius 2 is 1.50 bits per heavy atom. The maximum Gasteiger partial charge on any atom is 0.345 e. The van der Waals surface area contributed by atoms with E-state index in [2.05, 4.69) is 0 Å². The predicted octanol–water partition coefficient (Wildman–Crippen LogP) is 2.79. The maximum atomic E-state index is 11.5. The molecule has 2 aromatic rings. The smallest absolute Gasteiger partial charge is 0.345 e. The standard InChI is InChI=1S/C18H20O6/c1-21-13-6-8-14(9-7-13)24-17(18(19)20)10-12-4-5-15(22-2)11-16(12)23-3/h4-9,11,17H,10H2,1-3H3,(H,19,20). The lowest BCUT2D eigenvalue weighted by Gasteiger charge is -2.17. The van der Waals surface area contributed by atoms with E-state index in [-0.39, 0.29) is 6.42 Å². The van der Waals surface area contributed by atoms with Crippen LogP contribution in [0.3, 0.4) is 0 Å². The van der Waals surface area contributed by atoms with Gasteiger partial charge in [-0.3, -0.25) is 0 Å². The van der Waals surface area contributed by atoms with E-state index >= 15 is 0 Å². The van der Waals surface area contributed by atoms with E-state index in [4.69, 9.17) is 18.9 Å². The van der Waals surface area contributed by atoms with Crippen LogP contribution in [-0.4, -0.2) is 38.5 Å². The van der Waals surface area contributed by atoms with E-state index in [0.717, 1.165) is 5.56 Å². The highest BCUT2D eigenvalue weighted by molar-refractivity contribution is 5.73. The van der Waals surface area contributed by atoms with Gasteiger partial charge >= 0.3 is 5.97 Å². The van der Waals surface area contributed by atoms with Crippen molar-refractivity contribution >= 4 is 5.97 Å². The molecule has 1 atom stereocenters. The molecule has 128 valence electrons. The van der Waals surface area contributed by atoms with Crippen LogP contribution < -0.4 is 18.9 Å². The molecule has 2 aromatic carbocycles. The quantitative estimate of drug-likeness (QED) is 0.801. The van der Waals surface area contributed by atoms with Crippen molar-refractivity contribution in [1.82, 2.24) is 0 Å². The molecule has 0 aliphatic carbocycles. The summed E-state index contributed by atoms with van der Waals surface area (Å²) >= 11 is 0. The molecule has 0 saturated heterocycles. The van der Waals surface area contributed by atoms with Gasteiger partial charge in [0.2, 0.25) is 0 Å². The van der Waals surface area contributed by atoms with Gasteiger partial charge in [-0.25, -0.2) is 4.79 Å². The molecule has 1 unspecified atom stereocenters. The molecule has 1 N–H and O–H groups in total. The SMILES string of the molecule is COc1ccc(OC(Cc2ccc(OC)cc2OC)C(=O)O)cc1. The minimum absolute atomic E-state index is 0.161. The number of hydrogen-bond acceptors (Lipinski definition) is 5. The summed E-state index contributed by atoms with van der Waals surface area (Å²) in [5, 5.41) is 9.45. The van der Waals surface area contributed by atoms with Crippen molar-refractivity contribution in [3.8, 4) is 23.0 Å². The molecule has 0 amide bonds. The van der Waals surface area contributed by atoms with Crippen molar-refractivity contribution in [3.63, 3.8) is 0 Å². The van der Waals surface area contributed by atoms with Crippen LogP contribution in [0.1, 0.15) is 5.56 Å². The van der Waals surface area contributed by atoms with Gasteiger partial charge in [0, 0.05) is 12.5 Å². The Labute approximate surface area is 140 Å². The Balaban J connectivity index is 2.17. The summed E-state index contributed by atoms with van der Waals surface area (Å²) in [5.41, 5.74) is 0.721. The van der Waals surface area contributed by atoms with Crippen LogP contribution in [0.15, 0.2) is 42.5 Å². The zero-order chi connectivity index (χ0) is 17.5. The number of carboxylic acids is 1. The third kappa shape index (κ3) is 4.32. The molecule has 0 spiro atoms. The summed E-state index contributed by atoms with van der Waals surface area (Å²) < 4.78 is 21.1. The first-order valence-corrected chi connectivity index (χ1v) is 7.31. The number of rotatable bonds is 8. The first-order valence-electron chi connectivity index (χ1n) is 7.31. The molecular weight excluding hydrogens is 312 g/mol. The summed E-state index contributed by atoms with van der Waals surface area (Å²) in [7, 11) is 4.64. The topological polar surface area (TPSA) is 74.2 Å². The normalized spacial score (nSPS) is 11.5. The minimum atomic E-state index is -1.05. The molecular formula is C18H20O6. The van der Waals surface area contributed by atoms with E-state index < -0.39 is 12.1 Å². The van der Waals surface area contributed by atoms with E-state index in [0.29, 0.717) is 23.0 Å². The molecule has 0 fully saturated rings. The number of benzene rings is 2. The Morgan fingerprint density at radius 1 is 0.917 bits per heavy atom. The van der Waals surface area contributed by atoms with Gasteiger partial charge in [-0.2, -0.15) is 0 Å². The van der Waals surface area contributed by atoms with Gasteiger partial charge in [0.05, 0.1) is 21.3 Å². The third-order valence-corrected chi connectivity index (χ3v) is 3.51. The lowest BCUT2D eigenvalue weighted by atomic mass is 10.1. The van der Waals surface area contributed by atoms with Gasteiger partial charge in [0.1, 0.15) is 23.0 Å². The number of aliphatic carboxylic acids is 1. The van der Waals surface area contributed by atoms with Crippen LogP contribution in [0.5, 0.6) is 23.0 Å². The molecule has 0 aromatic heterocycles. The third-order valence-electron chi connectivity index (χ3n) is 3.51. The van der Waals surface area contributed by atoms with Gasteiger partial charge in [-0.15, -0.1) is 0 Å². The Hall–Kier alpha value is -2.89. The monoisotopic (exact) mass is 332 g/mol. The van der Waals surface area contributed by atoms with Crippen molar-refractivity contribution in [3.05, 3.63) is 48.0 Å². The second kappa shape index (κ2) is 8.10. The van der Waals surface area contributed by atoms with Gasteiger partial charge < -0.3 is 24.1 Å². The van der Waals surface area contributed by atoms with Gasteiger partial charge in [0.25, 0.3) is 0 Å². The first-order chi connectivity index (χ1) is 11.6. The summed E-state index contributed by atoms with van der Waals surface area (Å²) in [5.74, 6) is 1.27. The molecule has 6 heteroatoms. The highest BCUT2D eigenvalue weighted by Gasteiger charge is 2.22. The van der Waals surface area contributed by atoms with Crippen LogP contribution in [0.2, 0.25) is 0 Å². The van der Waals surface area contributed by atoms with E-state index in [1.807, 2.05) is 0 Å². The minimum Gasteiger partial charge on any atom is -0.497 e. The highest BCUT2D eigenvalue weighted by Crippen LogP contribution is 2.27. The molecule has 0 aliphatic heterocycles. The average molecular weight is 332 g/mol. The van der Waals surface area contributed by atoms with E-state index in [9.17, 15) is 9.90 Å². The largest absolute Gasteiger partial charge is 0.497 e. The van der Waals surface area contributed by atoms with Crippen molar-refractivity contribution < 1.29 is 28.8 Å². The summed E-state index contributed by atoms with van der Waals surface area (Å²) in [6.45, 7) is 0. The lowest BCUT2D eigenvalue weighted by Crippen LogP contribution is -2.29. The van der Waals surface area contributed by atoms with Crippen LogP contribution in [0.25, 0.3) is 0 Å². The Kier molecular flexibility index (Phi) is 5.89. The van der Waals surface area contributed by atoms with Gasteiger partial charge in [-0.1, -0.05) is 6.07 Å². The number of carboxylic acid groups (broad SMARTS) is 1. The van der Waals surface area contributed by atoms with Crippen molar-refractivity contribution in [1.29, 1.82) is 0 Å². The van der Waals surface area contributed by atoms with E-state index in [1.54, 1.807) is 56.7 Å². The molecule has 6 nitrogen and oxygen atoms in total. The zero-order valence-electron chi connectivity index (χ0n) is 13.8. The molecule has 2 rings (SSSR count). The van der Waals surface area contributed by atoms with Crippen molar-refractivity contribution in [2.75, 3.05) is 21.3 Å². The lowest BCUT2D eigenvalue weighted by molar-refractivity contribution is -0.145. The molecule has 0 aliphatic rings. The second-order valence-electron chi connectivity index (χ2n) is 5.00. The molecule has 0 heterocycles. The number of methoxy groups -OCH3 is 3. The molecule has 0 saturated carbocycles. The van der Waals surface area contributed by atoms with Crippen LogP contribution in [0, 0.1) is 0 Å². The Morgan fingerprint density at radius 3 is 2.04 bits per heavy atom. The maximum absolute atomic E-state index is 11.5. The van der Waals surface area contributed by atoms with Crippen molar-refractivity contribution in [2.24, 2.45) is 0 Å². The molecule has 24 heavy (non-hydrogen) atoms. The van der Waals surface area contributed by atoms with E-state index in [1.165, 1.54) is 7.11 Å². The van der Waals surface area contributed by atoms with Gasteiger partial charge in [-0.05, 0) is 35.9 Å². The number of carbonyl (C=O) groups is 1. The van der Waals surface area contributed by atoms with Crippen molar-refractivity contribution in [2.45, 2.75) is 12.5 Å². The summed E-state index contributed by atoms with van der Waals surface area (Å²) in [6.07, 6.45) is -0.880. The van der Waals surface area contributed by atoms with Crippen LogP contribution >= 0.6 is 0 Å². The van der Waals surface area contributed by atoms with Crippen LogP contribution in [0.4, 0.5) is 0 Å². The number of hydrogen-bond donors (Lipinski definition) is 1. The second-order valence-corrected chi connectivity index (χ2v) is 5.00. The number of ether oxygens (including phenoxy) is 4.